The molecule has 0 saturated heterocycles. The maximum atomic E-state index is 8.66. The van der Waals surface area contributed by atoms with Crippen molar-refractivity contribution in [2.24, 2.45) is 0 Å². The summed E-state index contributed by atoms with van der Waals surface area (Å²) < 4.78 is 32.9. The van der Waals surface area contributed by atoms with Gasteiger partial charge in [-0.05, 0) is 0 Å². The average Bonchev–Trinajstić information content (AvgIpc) is 0.722. The first-order chi connectivity index (χ1) is 2.00. The standard InChI is InChI=1S/H4O4S.Pt/c1-5(2,3)4;/h5H,(H3,1,2,3,4);/q;+2/p-2. The molecule has 42 valence electrons. The second-order valence-electron chi connectivity index (χ2n) is 0.469. The molecule has 0 radical (unpaired) electrons. The Morgan fingerprint density at radius 3 is 1.50 bits per heavy atom. The van der Waals surface area contributed by atoms with Crippen LogP contribution in [0.15, 0.2) is 0 Å². The largest absolute Gasteiger partial charge is 2.00 e. The first-order valence-corrected chi connectivity index (χ1v) is 2.24. The molecule has 1 N–H and O–H groups in total. The van der Waals surface area contributed by atoms with E-state index in [0.717, 1.165) is 0 Å². The Hall–Kier alpha value is 0.718. The van der Waals surface area contributed by atoms with Crippen LogP contribution >= 0.6 is 0 Å². The maximum absolute atomic E-state index is 8.66. The SMILES string of the molecule is O=[SH]([O-])([O-])O.[Pt+2]. The topological polar surface area (TPSA) is 83.4 Å². The van der Waals surface area contributed by atoms with Crippen molar-refractivity contribution in [2.45, 2.75) is 0 Å². The van der Waals surface area contributed by atoms with E-state index in [0.29, 0.717) is 0 Å². The van der Waals surface area contributed by atoms with Crippen molar-refractivity contribution in [1.82, 2.24) is 0 Å². The molecule has 0 heterocycles. The Morgan fingerprint density at radius 2 is 1.50 bits per heavy atom. The van der Waals surface area contributed by atoms with Crippen LogP contribution in [-0.2, 0) is 31.8 Å². The Balaban J connectivity index is 0. The van der Waals surface area contributed by atoms with E-state index in [4.69, 9.17) is 17.9 Å². The zero-order chi connectivity index (χ0) is 4.50. The first kappa shape index (κ1) is 9.87. The van der Waals surface area contributed by atoms with E-state index in [1.54, 1.807) is 0 Å². The van der Waals surface area contributed by atoms with Gasteiger partial charge in [-0.2, -0.15) is 0 Å². The minimum absolute atomic E-state index is 0. The fourth-order valence-corrected chi connectivity index (χ4v) is 0. The van der Waals surface area contributed by atoms with Gasteiger partial charge in [0.15, 0.2) is 0 Å². The van der Waals surface area contributed by atoms with Crippen molar-refractivity contribution < 1.29 is 38.9 Å². The van der Waals surface area contributed by atoms with Crippen LogP contribution in [0, 0.1) is 0 Å². The second kappa shape index (κ2) is 2.82. The van der Waals surface area contributed by atoms with Crippen molar-refractivity contribution in [2.75, 3.05) is 0 Å². The average molecular weight is 293 g/mol. The summed E-state index contributed by atoms with van der Waals surface area (Å²) in [6.45, 7) is 0. The van der Waals surface area contributed by atoms with Gasteiger partial charge in [0, 0.05) is 0 Å². The van der Waals surface area contributed by atoms with Crippen molar-refractivity contribution in [3.8, 4) is 0 Å². The van der Waals surface area contributed by atoms with Gasteiger partial charge in [-0.15, -0.1) is 10.8 Å². The fraction of sp³-hybridized carbons (Fsp3) is 0. The van der Waals surface area contributed by atoms with Gasteiger partial charge in [0.1, 0.15) is 0 Å². The molecule has 0 rings (SSSR count). The van der Waals surface area contributed by atoms with Gasteiger partial charge >= 0.3 is 21.1 Å². The molecule has 0 aliphatic carbocycles. The molecule has 0 atom stereocenters. The molecule has 4 nitrogen and oxygen atoms in total. The number of hydrogen-bond donors (Lipinski definition) is 2. The molecule has 0 aromatic heterocycles. The summed E-state index contributed by atoms with van der Waals surface area (Å²) in [5.41, 5.74) is 0. The van der Waals surface area contributed by atoms with E-state index in [2.05, 4.69) is 0 Å². The van der Waals surface area contributed by atoms with Crippen molar-refractivity contribution in [3.63, 3.8) is 0 Å². The summed E-state index contributed by atoms with van der Waals surface area (Å²) in [7, 11) is -5.14. The van der Waals surface area contributed by atoms with Crippen molar-refractivity contribution in [3.05, 3.63) is 0 Å². The van der Waals surface area contributed by atoms with Crippen LogP contribution in [-0.4, -0.2) is 17.9 Å². The van der Waals surface area contributed by atoms with Crippen LogP contribution < -0.4 is 0 Å². The quantitative estimate of drug-likeness (QED) is 0.546. The molecule has 0 fully saturated rings. The number of rotatable bonds is 0. The summed E-state index contributed by atoms with van der Waals surface area (Å²) in [4.78, 5) is 0. The first-order valence-electron chi connectivity index (χ1n) is 0.748. The van der Waals surface area contributed by atoms with E-state index in [-0.39, 0.29) is 21.1 Å². The van der Waals surface area contributed by atoms with Crippen molar-refractivity contribution in [1.29, 1.82) is 0 Å². The maximum Gasteiger partial charge on any atom is 2.00 e. The smallest absolute Gasteiger partial charge is 0.782 e. The van der Waals surface area contributed by atoms with Gasteiger partial charge < -0.3 is 13.7 Å². The van der Waals surface area contributed by atoms with Crippen LogP contribution in [0.1, 0.15) is 0 Å². The van der Waals surface area contributed by atoms with E-state index in [1.807, 2.05) is 0 Å². The van der Waals surface area contributed by atoms with Gasteiger partial charge in [0.2, 0.25) is 0 Å². The number of hydrogen-bond acceptors (Lipinski definition) is 3. The van der Waals surface area contributed by atoms with Gasteiger partial charge in [0.05, 0.1) is 0 Å². The Kier molecular flexibility index (Phi) is 4.64. The third kappa shape index (κ3) is 126. The van der Waals surface area contributed by atoms with Crippen LogP contribution in [0.3, 0.4) is 0 Å². The molecule has 0 saturated carbocycles. The van der Waals surface area contributed by atoms with Crippen LogP contribution in [0.2, 0.25) is 0 Å². The molecule has 0 aromatic rings. The third-order valence-electron chi connectivity index (χ3n) is 0. The predicted octanol–water partition coefficient (Wildman–Crippen LogP) is -1.27. The normalized spacial score (nSPS) is 12.5. The summed E-state index contributed by atoms with van der Waals surface area (Å²) in [5, 5.41) is 0. The molecular formula is H2O4PtS. The van der Waals surface area contributed by atoms with Gasteiger partial charge in [-0.1, -0.05) is 0 Å². The Morgan fingerprint density at radius 1 is 1.50 bits per heavy atom. The number of thiol groups is 1. The van der Waals surface area contributed by atoms with Crippen LogP contribution in [0.5, 0.6) is 0 Å². The molecule has 6 heavy (non-hydrogen) atoms. The van der Waals surface area contributed by atoms with E-state index >= 15 is 0 Å². The summed E-state index contributed by atoms with van der Waals surface area (Å²) in [6.07, 6.45) is 0. The summed E-state index contributed by atoms with van der Waals surface area (Å²) >= 11 is 0. The second-order valence-corrected chi connectivity index (χ2v) is 1.41. The monoisotopic (exact) mass is 293 g/mol. The molecule has 6 heteroatoms. The molecular weight excluding hydrogens is 291 g/mol. The summed E-state index contributed by atoms with van der Waals surface area (Å²) in [6, 6.07) is 0. The minimum atomic E-state index is -5.14. The molecule has 0 spiro atoms. The summed E-state index contributed by atoms with van der Waals surface area (Å²) in [5.74, 6) is 0. The van der Waals surface area contributed by atoms with E-state index in [1.165, 1.54) is 0 Å². The van der Waals surface area contributed by atoms with Gasteiger partial charge in [-0.25, -0.2) is 0 Å². The molecule has 0 amide bonds. The molecule has 0 bridgehead atoms. The fourth-order valence-electron chi connectivity index (χ4n) is 0. The molecule has 0 aromatic carbocycles. The molecule has 0 aliphatic heterocycles. The Bertz CT molecular complexity index is 53.7. The van der Waals surface area contributed by atoms with Crippen LogP contribution in [0.4, 0.5) is 0 Å². The minimum Gasteiger partial charge on any atom is -0.782 e. The molecule has 0 aliphatic rings. The zero-order valence-electron chi connectivity index (χ0n) is 2.44. The van der Waals surface area contributed by atoms with Gasteiger partial charge in [-0.3, -0.25) is 4.21 Å². The zero-order valence-corrected chi connectivity index (χ0v) is 5.60. The van der Waals surface area contributed by atoms with E-state index < -0.39 is 10.8 Å². The van der Waals surface area contributed by atoms with Crippen LogP contribution in [0.25, 0.3) is 0 Å². The van der Waals surface area contributed by atoms with E-state index in [9.17, 15) is 0 Å². The predicted molar refractivity (Wildman–Crippen MR) is 13.7 cm³/mol. The Labute approximate surface area is 50.1 Å². The van der Waals surface area contributed by atoms with Crippen molar-refractivity contribution >= 4 is 10.8 Å². The van der Waals surface area contributed by atoms with Gasteiger partial charge in [0.25, 0.3) is 0 Å². The molecule has 0 unspecified atom stereocenters. The third-order valence-corrected chi connectivity index (χ3v) is 0.